The summed E-state index contributed by atoms with van der Waals surface area (Å²) in [5, 5.41) is 2.91. The Morgan fingerprint density at radius 2 is 1.88 bits per heavy atom. The van der Waals surface area contributed by atoms with Crippen LogP contribution in [0.4, 0.5) is 5.69 Å². The molecule has 0 aliphatic carbocycles. The topological polar surface area (TPSA) is 66.5 Å². The monoisotopic (exact) mass is 358 g/mol. The van der Waals surface area contributed by atoms with Gasteiger partial charge in [-0.2, -0.15) is 0 Å². The Balaban J connectivity index is 1.75. The second-order valence-corrected chi connectivity index (χ2v) is 8.48. The number of hydrogen-bond acceptors (Lipinski definition) is 3. The molecule has 2 aromatic carbocycles. The summed E-state index contributed by atoms with van der Waals surface area (Å²) in [6, 6.07) is 13.1. The van der Waals surface area contributed by atoms with Gasteiger partial charge in [-0.05, 0) is 49.6 Å². The molecule has 1 aliphatic heterocycles. The first-order valence-corrected chi connectivity index (χ1v) is 10.1. The second kappa shape index (κ2) is 6.52. The molecule has 1 atom stereocenters. The average Bonchev–Trinajstić information content (AvgIpc) is 2.88. The predicted octanol–water partition coefficient (Wildman–Crippen LogP) is 2.64. The van der Waals surface area contributed by atoms with Crippen molar-refractivity contribution in [2.45, 2.75) is 32.9 Å². The van der Waals surface area contributed by atoms with Gasteiger partial charge in [0.2, 0.25) is 10.0 Å². The van der Waals surface area contributed by atoms with Crippen molar-refractivity contribution in [1.82, 2.24) is 5.32 Å². The van der Waals surface area contributed by atoms with Gasteiger partial charge in [0.1, 0.15) is 0 Å². The van der Waals surface area contributed by atoms with E-state index in [1.807, 2.05) is 38.1 Å². The minimum Gasteiger partial charge on any atom is -0.348 e. The highest BCUT2D eigenvalue weighted by molar-refractivity contribution is 7.92. The molecule has 0 fully saturated rings. The highest BCUT2D eigenvalue weighted by atomic mass is 32.2. The molecule has 0 spiro atoms. The fourth-order valence-electron chi connectivity index (χ4n) is 3.24. The predicted molar refractivity (Wildman–Crippen MR) is 99.3 cm³/mol. The SMILES string of the molecule is Cc1ccc(CNC(=O)c2ccc3c(c2)CC(C)N3S(C)(=O)=O)cc1. The summed E-state index contributed by atoms with van der Waals surface area (Å²) in [5.41, 5.74) is 4.33. The number of sulfonamides is 1. The van der Waals surface area contributed by atoms with Crippen LogP contribution in [0.15, 0.2) is 42.5 Å². The quantitative estimate of drug-likeness (QED) is 0.914. The number of benzene rings is 2. The molecule has 0 radical (unpaired) electrons. The zero-order valence-corrected chi connectivity index (χ0v) is 15.4. The highest BCUT2D eigenvalue weighted by Gasteiger charge is 2.32. The number of rotatable bonds is 4. The molecule has 1 heterocycles. The molecule has 0 aromatic heterocycles. The standard InChI is InChI=1S/C19H22N2O3S/c1-13-4-6-15(7-5-13)12-20-19(22)16-8-9-18-17(11-16)10-14(2)21(18)25(3,23)24/h4-9,11,14H,10,12H2,1-3H3,(H,20,22). The molecule has 132 valence electrons. The van der Waals surface area contributed by atoms with E-state index in [1.165, 1.54) is 16.1 Å². The lowest BCUT2D eigenvalue weighted by molar-refractivity contribution is 0.0951. The first kappa shape index (κ1) is 17.5. The van der Waals surface area contributed by atoms with Gasteiger partial charge in [0.25, 0.3) is 5.91 Å². The van der Waals surface area contributed by atoms with Crippen LogP contribution in [0.25, 0.3) is 0 Å². The van der Waals surface area contributed by atoms with Gasteiger partial charge in [-0.3, -0.25) is 9.10 Å². The Morgan fingerprint density at radius 1 is 1.20 bits per heavy atom. The summed E-state index contributed by atoms with van der Waals surface area (Å²) < 4.78 is 25.3. The third kappa shape index (κ3) is 3.69. The number of aryl methyl sites for hydroxylation is 1. The van der Waals surface area contributed by atoms with E-state index in [0.717, 1.165) is 11.1 Å². The van der Waals surface area contributed by atoms with Crippen molar-refractivity contribution < 1.29 is 13.2 Å². The number of carbonyl (C=O) groups is 1. The summed E-state index contributed by atoms with van der Waals surface area (Å²) in [7, 11) is -3.32. The van der Waals surface area contributed by atoms with Crippen molar-refractivity contribution in [3.63, 3.8) is 0 Å². The lowest BCUT2D eigenvalue weighted by atomic mass is 10.1. The summed E-state index contributed by atoms with van der Waals surface area (Å²) in [5.74, 6) is -0.158. The van der Waals surface area contributed by atoms with Crippen LogP contribution in [0.1, 0.15) is 34.0 Å². The zero-order chi connectivity index (χ0) is 18.2. The van der Waals surface area contributed by atoms with E-state index in [-0.39, 0.29) is 11.9 Å². The second-order valence-electron chi connectivity index (χ2n) is 6.62. The van der Waals surface area contributed by atoms with E-state index < -0.39 is 10.0 Å². The maximum absolute atomic E-state index is 12.4. The molecule has 3 rings (SSSR count). The largest absolute Gasteiger partial charge is 0.348 e. The molecule has 1 unspecified atom stereocenters. The molecule has 1 amide bonds. The summed E-state index contributed by atoms with van der Waals surface area (Å²) in [4.78, 5) is 12.4. The number of fused-ring (bicyclic) bond motifs is 1. The van der Waals surface area contributed by atoms with Gasteiger partial charge in [-0.1, -0.05) is 29.8 Å². The van der Waals surface area contributed by atoms with Gasteiger partial charge in [-0.25, -0.2) is 8.42 Å². The molecule has 2 aromatic rings. The summed E-state index contributed by atoms with van der Waals surface area (Å²) in [6.07, 6.45) is 1.82. The lowest BCUT2D eigenvalue weighted by Gasteiger charge is -2.21. The molecule has 1 N–H and O–H groups in total. The molecule has 5 nitrogen and oxygen atoms in total. The van der Waals surface area contributed by atoms with Gasteiger partial charge in [0.05, 0.1) is 11.9 Å². The van der Waals surface area contributed by atoms with Gasteiger partial charge < -0.3 is 5.32 Å². The minimum absolute atomic E-state index is 0.129. The number of anilines is 1. The van der Waals surface area contributed by atoms with Crippen LogP contribution in [0.5, 0.6) is 0 Å². The van der Waals surface area contributed by atoms with E-state index in [1.54, 1.807) is 18.2 Å². The summed E-state index contributed by atoms with van der Waals surface area (Å²) >= 11 is 0. The first-order valence-electron chi connectivity index (χ1n) is 8.22. The third-order valence-electron chi connectivity index (χ3n) is 4.43. The van der Waals surface area contributed by atoms with E-state index in [9.17, 15) is 13.2 Å². The molecular weight excluding hydrogens is 336 g/mol. The van der Waals surface area contributed by atoms with Crippen molar-refractivity contribution in [2.75, 3.05) is 10.6 Å². The fraction of sp³-hybridized carbons (Fsp3) is 0.316. The number of carbonyl (C=O) groups excluding carboxylic acids is 1. The molecule has 0 saturated carbocycles. The molecule has 0 saturated heterocycles. The van der Waals surface area contributed by atoms with Crippen LogP contribution >= 0.6 is 0 Å². The Bertz CT molecular complexity index is 905. The van der Waals surface area contributed by atoms with Crippen LogP contribution in [-0.2, 0) is 23.0 Å². The average molecular weight is 358 g/mol. The maximum atomic E-state index is 12.4. The van der Waals surface area contributed by atoms with Crippen molar-refractivity contribution in [1.29, 1.82) is 0 Å². The van der Waals surface area contributed by atoms with Gasteiger partial charge in [0.15, 0.2) is 0 Å². The van der Waals surface area contributed by atoms with Crippen molar-refractivity contribution >= 4 is 21.6 Å². The highest BCUT2D eigenvalue weighted by Crippen LogP contribution is 2.34. The van der Waals surface area contributed by atoms with E-state index in [4.69, 9.17) is 0 Å². The Morgan fingerprint density at radius 3 is 2.52 bits per heavy atom. The number of nitrogens with one attached hydrogen (secondary N) is 1. The van der Waals surface area contributed by atoms with Gasteiger partial charge in [-0.15, -0.1) is 0 Å². The number of hydrogen-bond donors (Lipinski definition) is 1. The van der Waals surface area contributed by atoms with Crippen LogP contribution in [0, 0.1) is 6.92 Å². The van der Waals surface area contributed by atoms with Crippen LogP contribution in [-0.4, -0.2) is 26.6 Å². The molecule has 0 bridgehead atoms. The normalized spacial score (nSPS) is 16.6. The lowest BCUT2D eigenvalue weighted by Crippen LogP contribution is -2.34. The van der Waals surface area contributed by atoms with E-state index in [2.05, 4.69) is 5.32 Å². The Hall–Kier alpha value is -2.34. The fourth-order valence-corrected chi connectivity index (χ4v) is 4.50. The molecular formula is C19H22N2O3S. The number of nitrogens with zero attached hydrogens (tertiary/aromatic N) is 1. The van der Waals surface area contributed by atoms with Crippen LogP contribution in [0.3, 0.4) is 0 Å². The summed E-state index contributed by atoms with van der Waals surface area (Å²) in [6.45, 7) is 4.36. The molecule has 1 aliphatic rings. The third-order valence-corrected chi connectivity index (χ3v) is 5.70. The van der Waals surface area contributed by atoms with Gasteiger partial charge >= 0.3 is 0 Å². The smallest absolute Gasteiger partial charge is 0.251 e. The maximum Gasteiger partial charge on any atom is 0.251 e. The van der Waals surface area contributed by atoms with E-state index in [0.29, 0.717) is 24.2 Å². The zero-order valence-electron chi connectivity index (χ0n) is 14.6. The minimum atomic E-state index is -3.32. The van der Waals surface area contributed by atoms with Crippen LogP contribution in [0.2, 0.25) is 0 Å². The van der Waals surface area contributed by atoms with Crippen molar-refractivity contribution in [3.05, 3.63) is 64.7 Å². The van der Waals surface area contributed by atoms with Crippen LogP contribution < -0.4 is 9.62 Å². The Kier molecular flexibility index (Phi) is 4.56. The Labute approximate surface area is 148 Å². The van der Waals surface area contributed by atoms with Crippen molar-refractivity contribution in [3.8, 4) is 0 Å². The number of amides is 1. The first-order chi connectivity index (χ1) is 11.8. The molecule has 6 heteroatoms. The molecule has 25 heavy (non-hydrogen) atoms. The van der Waals surface area contributed by atoms with Crippen molar-refractivity contribution in [2.24, 2.45) is 0 Å². The van der Waals surface area contributed by atoms with Gasteiger partial charge in [0, 0.05) is 18.2 Å². The van der Waals surface area contributed by atoms with E-state index >= 15 is 0 Å².